The van der Waals surface area contributed by atoms with Crippen molar-refractivity contribution in [2.75, 3.05) is 25.1 Å². The van der Waals surface area contributed by atoms with Crippen LogP contribution < -0.4 is 5.32 Å². The molecule has 0 bridgehead atoms. The number of benzene rings is 1. The largest absolute Gasteiger partial charge is 0.340 e. The molecule has 0 saturated carbocycles. The van der Waals surface area contributed by atoms with Gasteiger partial charge in [0.05, 0.1) is 6.04 Å². The van der Waals surface area contributed by atoms with E-state index in [1.165, 1.54) is 11.1 Å². The van der Waals surface area contributed by atoms with Crippen molar-refractivity contribution < 1.29 is 4.79 Å². The molecule has 104 valence electrons. The van der Waals surface area contributed by atoms with E-state index in [4.69, 9.17) is 0 Å². The lowest BCUT2D eigenvalue weighted by atomic mass is 10.1. The van der Waals surface area contributed by atoms with Crippen LogP contribution >= 0.6 is 11.8 Å². The van der Waals surface area contributed by atoms with E-state index in [0.29, 0.717) is 6.54 Å². The number of thioether (sulfide) groups is 1. The molecule has 0 aliphatic carbocycles. The van der Waals surface area contributed by atoms with Crippen LogP contribution in [0.4, 0.5) is 0 Å². The zero-order valence-corrected chi connectivity index (χ0v) is 12.5. The van der Waals surface area contributed by atoms with Crippen LogP contribution in [-0.4, -0.2) is 41.9 Å². The van der Waals surface area contributed by atoms with Crippen LogP contribution in [0.1, 0.15) is 18.1 Å². The van der Waals surface area contributed by atoms with Gasteiger partial charge in [0.15, 0.2) is 0 Å². The summed E-state index contributed by atoms with van der Waals surface area (Å²) in [5.74, 6) is 2.19. The molecule has 2 rings (SSSR count). The van der Waals surface area contributed by atoms with Gasteiger partial charge in [0.2, 0.25) is 5.91 Å². The SMILES string of the molecule is CCc1ccc(CN(C)C(=O)C2CSCCN2)cc1. The van der Waals surface area contributed by atoms with E-state index in [-0.39, 0.29) is 11.9 Å². The molecule has 1 aromatic carbocycles. The Morgan fingerprint density at radius 2 is 2.05 bits per heavy atom. The van der Waals surface area contributed by atoms with Crippen molar-refractivity contribution in [3.8, 4) is 0 Å². The molecule has 0 spiro atoms. The Balaban J connectivity index is 1.91. The van der Waals surface area contributed by atoms with Crippen molar-refractivity contribution in [3.63, 3.8) is 0 Å². The summed E-state index contributed by atoms with van der Waals surface area (Å²) in [4.78, 5) is 14.1. The van der Waals surface area contributed by atoms with E-state index in [9.17, 15) is 4.79 Å². The molecular formula is C15H22N2OS. The predicted octanol–water partition coefficient (Wildman–Crippen LogP) is 1.91. The third-order valence-electron chi connectivity index (χ3n) is 3.45. The highest BCUT2D eigenvalue weighted by molar-refractivity contribution is 7.99. The second kappa shape index (κ2) is 6.96. The van der Waals surface area contributed by atoms with Crippen LogP contribution in [-0.2, 0) is 17.8 Å². The number of carbonyl (C=O) groups excluding carboxylic acids is 1. The summed E-state index contributed by atoms with van der Waals surface area (Å²) in [7, 11) is 1.89. The molecule has 0 aromatic heterocycles. The molecule has 1 aromatic rings. The van der Waals surface area contributed by atoms with Crippen molar-refractivity contribution in [1.82, 2.24) is 10.2 Å². The summed E-state index contributed by atoms with van der Waals surface area (Å²) in [5, 5.41) is 3.29. The Morgan fingerprint density at radius 1 is 1.37 bits per heavy atom. The van der Waals surface area contributed by atoms with Crippen molar-refractivity contribution >= 4 is 17.7 Å². The quantitative estimate of drug-likeness (QED) is 0.913. The number of carbonyl (C=O) groups is 1. The molecule has 1 heterocycles. The van der Waals surface area contributed by atoms with E-state index in [1.807, 2.05) is 23.7 Å². The highest BCUT2D eigenvalue weighted by Crippen LogP contribution is 2.12. The van der Waals surface area contributed by atoms with Gasteiger partial charge in [-0.15, -0.1) is 0 Å². The van der Waals surface area contributed by atoms with Gasteiger partial charge in [0, 0.05) is 31.6 Å². The molecule has 0 radical (unpaired) electrons. The Kier molecular flexibility index (Phi) is 5.28. The Morgan fingerprint density at radius 3 is 2.63 bits per heavy atom. The van der Waals surface area contributed by atoms with E-state index < -0.39 is 0 Å². The lowest BCUT2D eigenvalue weighted by molar-refractivity contribution is -0.132. The second-order valence-corrected chi connectivity index (χ2v) is 6.10. The molecular weight excluding hydrogens is 256 g/mol. The lowest BCUT2D eigenvalue weighted by Crippen LogP contribution is -2.49. The second-order valence-electron chi connectivity index (χ2n) is 4.95. The fraction of sp³-hybridized carbons (Fsp3) is 0.533. The van der Waals surface area contributed by atoms with Crippen molar-refractivity contribution in [2.45, 2.75) is 25.9 Å². The Bertz CT molecular complexity index is 413. The summed E-state index contributed by atoms with van der Waals surface area (Å²) in [6.07, 6.45) is 1.05. The minimum Gasteiger partial charge on any atom is -0.340 e. The van der Waals surface area contributed by atoms with Crippen LogP contribution in [0, 0.1) is 0 Å². The molecule has 1 fully saturated rings. The van der Waals surface area contributed by atoms with Gasteiger partial charge >= 0.3 is 0 Å². The molecule has 1 saturated heterocycles. The van der Waals surface area contributed by atoms with Crippen LogP contribution in [0.5, 0.6) is 0 Å². The van der Waals surface area contributed by atoms with Gasteiger partial charge in [-0.2, -0.15) is 11.8 Å². The Hall–Kier alpha value is -1.00. The minimum atomic E-state index is -0.0151. The summed E-state index contributed by atoms with van der Waals surface area (Å²) >= 11 is 1.85. The fourth-order valence-corrected chi connectivity index (χ4v) is 3.15. The molecule has 3 nitrogen and oxygen atoms in total. The van der Waals surface area contributed by atoms with Crippen LogP contribution in [0.3, 0.4) is 0 Å². The highest BCUT2D eigenvalue weighted by Gasteiger charge is 2.23. The number of nitrogens with zero attached hydrogens (tertiary/aromatic N) is 1. The molecule has 1 aliphatic heterocycles. The number of hydrogen-bond donors (Lipinski definition) is 1. The summed E-state index contributed by atoms with van der Waals surface area (Å²) in [6, 6.07) is 8.50. The van der Waals surface area contributed by atoms with Crippen molar-refractivity contribution in [2.24, 2.45) is 0 Å². The van der Waals surface area contributed by atoms with Gasteiger partial charge in [0.1, 0.15) is 0 Å². The standard InChI is InChI=1S/C15H22N2OS/c1-3-12-4-6-13(7-5-12)10-17(2)15(18)14-11-19-9-8-16-14/h4-7,14,16H,3,8-11H2,1-2H3. The molecule has 4 heteroatoms. The molecule has 1 aliphatic rings. The fourth-order valence-electron chi connectivity index (χ4n) is 2.22. The van der Waals surface area contributed by atoms with E-state index in [0.717, 1.165) is 24.5 Å². The van der Waals surface area contributed by atoms with E-state index in [2.05, 4.69) is 36.5 Å². The van der Waals surface area contributed by atoms with E-state index >= 15 is 0 Å². The zero-order valence-electron chi connectivity index (χ0n) is 11.7. The number of nitrogens with one attached hydrogen (secondary N) is 1. The maximum Gasteiger partial charge on any atom is 0.240 e. The first-order valence-corrected chi connectivity index (χ1v) is 8.00. The molecule has 1 N–H and O–H groups in total. The van der Waals surface area contributed by atoms with Gasteiger partial charge in [-0.25, -0.2) is 0 Å². The number of hydrogen-bond acceptors (Lipinski definition) is 3. The van der Waals surface area contributed by atoms with Gasteiger partial charge in [-0.05, 0) is 17.5 Å². The monoisotopic (exact) mass is 278 g/mol. The molecule has 19 heavy (non-hydrogen) atoms. The number of amides is 1. The number of likely N-dealkylation sites (N-methyl/N-ethyl adjacent to an activating group) is 1. The average molecular weight is 278 g/mol. The maximum atomic E-state index is 12.3. The van der Waals surface area contributed by atoms with Crippen molar-refractivity contribution in [1.29, 1.82) is 0 Å². The van der Waals surface area contributed by atoms with Crippen LogP contribution in [0.15, 0.2) is 24.3 Å². The van der Waals surface area contributed by atoms with Gasteiger partial charge in [-0.3, -0.25) is 4.79 Å². The Labute approximate surface area is 119 Å². The molecule has 1 amide bonds. The summed E-state index contributed by atoms with van der Waals surface area (Å²) in [6.45, 7) is 3.77. The third-order valence-corrected chi connectivity index (χ3v) is 4.51. The van der Waals surface area contributed by atoms with Crippen molar-refractivity contribution in [3.05, 3.63) is 35.4 Å². The zero-order chi connectivity index (χ0) is 13.7. The normalized spacial score (nSPS) is 19.2. The topological polar surface area (TPSA) is 32.3 Å². The molecule has 1 unspecified atom stereocenters. The first-order chi connectivity index (χ1) is 9.20. The maximum absolute atomic E-state index is 12.3. The first kappa shape index (κ1) is 14.4. The third kappa shape index (κ3) is 3.98. The number of rotatable bonds is 4. The average Bonchev–Trinajstić information content (AvgIpc) is 2.48. The minimum absolute atomic E-state index is 0.0151. The predicted molar refractivity (Wildman–Crippen MR) is 81.4 cm³/mol. The summed E-state index contributed by atoms with van der Waals surface area (Å²) < 4.78 is 0. The smallest absolute Gasteiger partial charge is 0.240 e. The number of aryl methyl sites for hydroxylation is 1. The van der Waals surface area contributed by atoms with E-state index in [1.54, 1.807) is 0 Å². The summed E-state index contributed by atoms with van der Waals surface area (Å²) in [5.41, 5.74) is 2.53. The highest BCUT2D eigenvalue weighted by atomic mass is 32.2. The first-order valence-electron chi connectivity index (χ1n) is 6.84. The van der Waals surface area contributed by atoms with Gasteiger partial charge in [-0.1, -0.05) is 31.2 Å². The van der Waals surface area contributed by atoms with Crippen LogP contribution in [0.25, 0.3) is 0 Å². The molecule has 1 atom stereocenters. The van der Waals surface area contributed by atoms with Crippen LogP contribution in [0.2, 0.25) is 0 Å². The lowest BCUT2D eigenvalue weighted by Gasteiger charge is -2.27. The van der Waals surface area contributed by atoms with Gasteiger partial charge in [0.25, 0.3) is 0 Å². The van der Waals surface area contributed by atoms with Gasteiger partial charge < -0.3 is 10.2 Å².